The van der Waals surface area contributed by atoms with Gasteiger partial charge in [0.2, 0.25) is 0 Å². The lowest BCUT2D eigenvalue weighted by molar-refractivity contribution is -0.137. The molecule has 0 bridgehead atoms. The van der Waals surface area contributed by atoms with Gasteiger partial charge in [-0.2, -0.15) is 18.0 Å². The van der Waals surface area contributed by atoms with E-state index in [-0.39, 0.29) is 6.54 Å². The predicted octanol–water partition coefficient (Wildman–Crippen LogP) is 2.81. The van der Waals surface area contributed by atoms with Crippen LogP contribution < -0.4 is 0 Å². The third kappa shape index (κ3) is 2.87. The van der Waals surface area contributed by atoms with Gasteiger partial charge in [0.25, 0.3) is 0 Å². The van der Waals surface area contributed by atoms with Gasteiger partial charge in [-0.15, -0.1) is 10.2 Å². The van der Waals surface area contributed by atoms with Gasteiger partial charge >= 0.3 is 6.18 Å². The Bertz CT molecular complexity index is 564. The van der Waals surface area contributed by atoms with E-state index < -0.39 is 11.7 Å². The SMILES string of the molecule is Cc1nnn(Cc2cc(C(F)(F)F)ccc2Br)n1. The molecule has 4 nitrogen and oxygen atoms in total. The van der Waals surface area contributed by atoms with Gasteiger partial charge in [-0.05, 0) is 35.9 Å². The minimum atomic E-state index is -4.36. The van der Waals surface area contributed by atoms with Gasteiger partial charge in [-0.25, -0.2) is 0 Å². The van der Waals surface area contributed by atoms with E-state index in [1.54, 1.807) is 6.92 Å². The van der Waals surface area contributed by atoms with E-state index in [1.165, 1.54) is 10.9 Å². The lowest BCUT2D eigenvalue weighted by Gasteiger charge is -2.10. The average Bonchev–Trinajstić information content (AvgIpc) is 2.66. The Morgan fingerprint density at radius 2 is 2.06 bits per heavy atom. The molecule has 0 unspecified atom stereocenters. The van der Waals surface area contributed by atoms with Crippen molar-refractivity contribution in [2.45, 2.75) is 19.6 Å². The molecule has 0 aliphatic heterocycles. The van der Waals surface area contributed by atoms with Gasteiger partial charge < -0.3 is 0 Å². The first kappa shape index (κ1) is 13.0. The number of hydrogen-bond donors (Lipinski definition) is 0. The van der Waals surface area contributed by atoms with Crippen molar-refractivity contribution >= 4 is 15.9 Å². The molecule has 1 heterocycles. The van der Waals surface area contributed by atoms with Crippen LogP contribution in [-0.4, -0.2) is 20.2 Å². The van der Waals surface area contributed by atoms with Crippen LogP contribution in [-0.2, 0) is 12.7 Å². The third-order valence-corrected chi connectivity index (χ3v) is 3.01. The number of aryl methyl sites for hydroxylation is 1. The zero-order valence-corrected chi connectivity index (χ0v) is 10.8. The highest BCUT2D eigenvalue weighted by Gasteiger charge is 2.30. The Balaban J connectivity index is 2.32. The van der Waals surface area contributed by atoms with Crippen molar-refractivity contribution in [3.05, 3.63) is 39.6 Å². The number of rotatable bonds is 2. The van der Waals surface area contributed by atoms with Crippen LogP contribution in [0.2, 0.25) is 0 Å². The zero-order valence-electron chi connectivity index (χ0n) is 9.24. The van der Waals surface area contributed by atoms with Crippen molar-refractivity contribution in [1.29, 1.82) is 0 Å². The summed E-state index contributed by atoms with van der Waals surface area (Å²) in [6.45, 7) is 1.79. The molecule has 0 saturated heterocycles. The normalized spacial score (nSPS) is 11.8. The number of hydrogen-bond acceptors (Lipinski definition) is 3. The van der Waals surface area contributed by atoms with Gasteiger partial charge in [-0.3, -0.25) is 0 Å². The molecule has 0 radical (unpaired) electrons. The van der Waals surface area contributed by atoms with Gasteiger partial charge in [-0.1, -0.05) is 15.9 Å². The van der Waals surface area contributed by atoms with Crippen LogP contribution in [0.15, 0.2) is 22.7 Å². The molecule has 18 heavy (non-hydrogen) atoms. The zero-order chi connectivity index (χ0) is 13.3. The summed E-state index contributed by atoms with van der Waals surface area (Å²) < 4.78 is 38.3. The highest BCUT2D eigenvalue weighted by molar-refractivity contribution is 9.10. The largest absolute Gasteiger partial charge is 0.416 e. The Hall–Kier alpha value is -1.44. The van der Waals surface area contributed by atoms with Crippen LogP contribution in [0.4, 0.5) is 13.2 Å². The molecule has 0 amide bonds. The Morgan fingerprint density at radius 1 is 1.33 bits per heavy atom. The van der Waals surface area contributed by atoms with E-state index in [9.17, 15) is 13.2 Å². The molecule has 0 aliphatic carbocycles. The van der Waals surface area contributed by atoms with Crippen molar-refractivity contribution < 1.29 is 13.2 Å². The maximum absolute atomic E-state index is 12.6. The highest BCUT2D eigenvalue weighted by Crippen LogP contribution is 2.31. The molecule has 0 N–H and O–H groups in total. The van der Waals surface area contributed by atoms with Crippen LogP contribution in [0.25, 0.3) is 0 Å². The van der Waals surface area contributed by atoms with Crippen LogP contribution in [0.5, 0.6) is 0 Å². The number of alkyl halides is 3. The van der Waals surface area contributed by atoms with Crippen molar-refractivity contribution in [2.24, 2.45) is 0 Å². The maximum atomic E-state index is 12.6. The standard InChI is InChI=1S/C10H8BrF3N4/c1-6-15-17-18(16-6)5-7-4-8(10(12,13)14)2-3-9(7)11/h2-4H,5H2,1H3. The molecule has 0 fully saturated rings. The number of tetrazole rings is 1. The summed E-state index contributed by atoms with van der Waals surface area (Å²) in [4.78, 5) is 1.25. The fraction of sp³-hybridized carbons (Fsp3) is 0.300. The molecule has 0 saturated carbocycles. The lowest BCUT2D eigenvalue weighted by atomic mass is 10.1. The van der Waals surface area contributed by atoms with Gasteiger partial charge in [0.1, 0.15) is 0 Å². The maximum Gasteiger partial charge on any atom is 0.416 e. The smallest absolute Gasteiger partial charge is 0.166 e. The summed E-state index contributed by atoms with van der Waals surface area (Å²) in [6, 6.07) is 3.46. The summed E-state index contributed by atoms with van der Waals surface area (Å²) in [7, 11) is 0. The van der Waals surface area contributed by atoms with E-state index in [0.717, 1.165) is 12.1 Å². The molecule has 0 atom stereocenters. The van der Waals surface area contributed by atoms with Gasteiger partial charge in [0.15, 0.2) is 5.82 Å². The molecular formula is C10H8BrF3N4. The van der Waals surface area contributed by atoms with E-state index in [0.29, 0.717) is 15.9 Å². The van der Waals surface area contributed by atoms with Crippen molar-refractivity contribution in [1.82, 2.24) is 20.2 Å². The third-order valence-electron chi connectivity index (χ3n) is 2.24. The number of benzene rings is 1. The van der Waals surface area contributed by atoms with Crippen molar-refractivity contribution in [3.8, 4) is 0 Å². The monoisotopic (exact) mass is 320 g/mol. The van der Waals surface area contributed by atoms with Crippen LogP contribution in [0.1, 0.15) is 17.0 Å². The first-order chi connectivity index (χ1) is 8.36. The highest BCUT2D eigenvalue weighted by atomic mass is 79.9. The van der Waals surface area contributed by atoms with E-state index in [2.05, 4.69) is 31.3 Å². The molecule has 0 aliphatic rings. The molecule has 0 spiro atoms. The van der Waals surface area contributed by atoms with Crippen LogP contribution >= 0.6 is 15.9 Å². The second-order valence-electron chi connectivity index (χ2n) is 3.67. The molecule has 96 valence electrons. The molecule has 2 aromatic rings. The van der Waals surface area contributed by atoms with E-state index in [4.69, 9.17) is 0 Å². The summed E-state index contributed by atoms with van der Waals surface area (Å²) in [5, 5.41) is 11.3. The number of halogens is 4. The summed E-state index contributed by atoms with van der Waals surface area (Å²) in [5.41, 5.74) is -0.250. The second kappa shape index (κ2) is 4.68. The molecule has 1 aromatic carbocycles. The topological polar surface area (TPSA) is 43.6 Å². The molecule has 8 heteroatoms. The Labute approximate surface area is 109 Å². The predicted molar refractivity (Wildman–Crippen MR) is 60.8 cm³/mol. The number of nitrogens with zero attached hydrogens (tertiary/aromatic N) is 4. The minimum Gasteiger partial charge on any atom is -0.166 e. The first-order valence-electron chi connectivity index (χ1n) is 4.96. The summed E-state index contributed by atoms with van der Waals surface area (Å²) >= 11 is 3.20. The minimum absolute atomic E-state index is 0.130. The fourth-order valence-electron chi connectivity index (χ4n) is 1.41. The van der Waals surface area contributed by atoms with Crippen LogP contribution in [0.3, 0.4) is 0 Å². The fourth-order valence-corrected chi connectivity index (χ4v) is 1.79. The lowest BCUT2D eigenvalue weighted by Crippen LogP contribution is -2.09. The van der Waals surface area contributed by atoms with E-state index in [1.807, 2.05) is 0 Å². The average molecular weight is 321 g/mol. The summed E-state index contributed by atoms with van der Waals surface area (Å²) in [6.07, 6.45) is -4.36. The quantitative estimate of drug-likeness (QED) is 0.854. The van der Waals surface area contributed by atoms with Crippen LogP contribution in [0, 0.1) is 6.92 Å². The Kier molecular flexibility index (Phi) is 3.38. The van der Waals surface area contributed by atoms with Gasteiger partial charge in [0, 0.05) is 4.47 Å². The summed E-state index contributed by atoms with van der Waals surface area (Å²) in [5.74, 6) is 0.470. The van der Waals surface area contributed by atoms with Crippen molar-refractivity contribution in [3.63, 3.8) is 0 Å². The second-order valence-corrected chi connectivity index (χ2v) is 4.53. The first-order valence-corrected chi connectivity index (χ1v) is 5.75. The van der Waals surface area contributed by atoms with Crippen molar-refractivity contribution in [2.75, 3.05) is 0 Å². The number of aromatic nitrogens is 4. The molecule has 2 rings (SSSR count). The Morgan fingerprint density at radius 3 is 2.61 bits per heavy atom. The molecular weight excluding hydrogens is 313 g/mol. The van der Waals surface area contributed by atoms with E-state index >= 15 is 0 Å². The van der Waals surface area contributed by atoms with Gasteiger partial charge in [0.05, 0.1) is 12.1 Å². The molecule has 1 aromatic heterocycles.